The van der Waals surface area contributed by atoms with Gasteiger partial charge in [-0.05, 0) is 36.4 Å². The van der Waals surface area contributed by atoms with Gasteiger partial charge >= 0.3 is 0 Å². The maximum atomic E-state index is 11.5. The van der Waals surface area contributed by atoms with Crippen LogP contribution in [-0.2, 0) is 26.6 Å². The topological polar surface area (TPSA) is 82.0 Å². The van der Waals surface area contributed by atoms with Crippen molar-refractivity contribution in [3.63, 3.8) is 0 Å². The predicted octanol–water partition coefficient (Wildman–Crippen LogP) is 3.60. The van der Waals surface area contributed by atoms with E-state index in [0.717, 1.165) is 37.6 Å². The van der Waals surface area contributed by atoms with Gasteiger partial charge in [-0.2, -0.15) is 15.0 Å². The number of aromatic nitrogens is 3. The zero-order valence-electron chi connectivity index (χ0n) is 19.8. The predicted molar refractivity (Wildman–Crippen MR) is 135 cm³/mol. The van der Waals surface area contributed by atoms with E-state index in [1.165, 1.54) is 4.80 Å². The summed E-state index contributed by atoms with van der Waals surface area (Å²) >= 11 is 12.6. The number of anilines is 1. The zero-order chi connectivity index (χ0) is 25.1. The van der Waals surface area contributed by atoms with E-state index in [1.807, 2.05) is 29.2 Å². The van der Waals surface area contributed by atoms with E-state index in [-0.39, 0.29) is 18.6 Å². The van der Waals surface area contributed by atoms with E-state index >= 15 is 0 Å². The molecule has 2 aromatic carbocycles. The lowest BCUT2D eigenvalue weighted by Gasteiger charge is -2.35. The summed E-state index contributed by atoms with van der Waals surface area (Å²) in [5.74, 6) is -0.305. The first-order chi connectivity index (χ1) is 17.4. The van der Waals surface area contributed by atoms with Gasteiger partial charge in [0.25, 0.3) is 0 Å². The number of hydrogen-bond acceptors (Lipinski definition) is 7. The Bertz CT molecular complexity index is 1190. The molecule has 5 rings (SSSR count). The average Bonchev–Trinajstić information content (AvgIpc) is 3.54. The summed E-state index contributed by atoms with van der Waals surface area (Å²) in [5, 5.41) is 9.36. The van der Waals surface area contributed by atoms with E-state index in [4.69, 9.17) is 37.4 Å². The van der Waals surface area contributed by atoms with E-state index < -0.39 is 5.79 Å². The summed E-state index contributed by atoms with van der Waals surface area (Å²) in [6.07, 6.45) is 2.87. The lowest BCUT2D eigenvalue weighted by molar-refractivity contribution is -0.192. The fourth-order valence-electron chi connectivity index (χ4n) is 4.49. The summed E-state index contributed by atoms with van der Waals surface area (Å²) in [5.41, 5.74) is 1.76. The Hall–Kier alpha value is -2.85. The third-order valence-electron chi connectivity index (χ3n) is 6.38. The summed E-state index contributed by atoms with van der Waals surface area (Å²) < 4.78 is 18.6. The van der Waals surface area contributed by atoms with Gasteiger partial charge in [0.1, 0.15) is 25.0 Å². The number of carbonyl (C=O) groups excluding carboxylic acids is 1. The third-order valence-corrected chi connectivity index (χ3v) is 6.93. The highest BCUT2D eigenvalue weighted by Gasteiger charge is 2.46. The van der Waals surface area contributed by atoms with Crippen LogP contribution < -0.4 is 9.64 Å². The summed E-state index contributed by atoms with van der Waals surface area (Å²) in [6, 6.07) is 13.2. The molecule has 0 N–H and O–H groups in total. The van der Waals surface area contributed by atoms with Gasteiger partial charge < -0.3 is 24.0 Å². The zero-order valence-corrected chi connectivity index (χ0v) is 21.4. The first-order valence-corrected chi connectivity index (χ1v) is 12.5. The summed E-state index contributed by atoms with van der Waals surface area (Å²) in [6.45, 7) is 5.56. The maximum Gasteiger partial charge on any atom is 0.219 e. The third kappa shape index (κ3) is 5.44. The average molecular weight is 532 g/mol. The molecule has 0 spiro atoms. The maximum absolute atomic E-state index is 11.5. The van der Waals surface area contributed by atoms with Crippen molar-refractivity contribution in [2.75, 3.05) is 44.3 Å². The molecule has 0 unspecified atom stereocenters. The molecule has 0 bridgehead atoms. The van der Waals surface area contributed by atoms with Crippen LogP contribution in [0, 0.1) is 0 Å². The van der Waals surface area contributed by atoms with Crippen molar-refractivity contribution in [1.29, 1.82) is 0 Å². The van der Waals surface area contributed by atoms with Gasteiger partial charge in [-0.15, -0.1) is 0 Å². The Labute approximate surface area is 219 Å². The van der Waals surface area contributed by atoms with Crippen LogP contribution >= 0.6 is 23.2 Å². The standard InChI is InChI=1S/C25H27Cl2N5O4/c1-18(33)30-10-12-31(13-11-30)20-3-5-21(6-4-20)34-15-22-16-35-25(36-22,17-32-28-8-9-29-32)23-7-2-19(26)14-24(23)27/h2-9,14,22H,10-13,15-17H2,1H3/t22-,25-/m1/s1. The van der Waals surface area contributed by atoms with Crippen LogP contribution in [0.2, 0.25) is 10.0 Å². The van der Waals surface area contributed by atoms with Crippen molar-refractivity contribution >= 4 is 34.8 Å². The Morgan fingerprint density at radius 2 is 1.81 bits per heavy atom. The molecule has 0 radical (unpaired) electrons. The van der Waals surface area contributed by atoms with Crippen LogP contribution in [0.25, 0.3) is 0 Å². The van der Waals surface area contributed by atoms with E-state index in [9.17, 15) is 4.79 Å². The molecule has 190 valence electrons. The Kier molecular flexibility index (Phi) is 7.34. The molecule has 2 saturated heterocycles. The summed E-state index contributed by atoms with van der Waals surface area (Å²) in [4.78, 5) is 17.2. The van der Waals surface area contributed by atoms with Gasteiger partial charge in [-0.25, -0.2) is 0 Å². The highest BCUT2D eigenvalue weighted by molar-refractivity contribution is 6.35. The molecule has 3 aromatic rings. The molecule has 9 nitrogen and oxygen atoms in total. The highest BCUT2D eigenvalue weighted by atomic mass is 35.5. The van der Waals surface area contributed by atoms with Crippen LogP contribution in [0.4, 0.5) is 5.69 Å². The molecular formula is C25H27Cl2N5O4. The number of piperazine rings is 1. The van der Waals surface area contributed by atoms with Gasteiger partial charge in [-0.3, -0.25) is 4.79 Å². The number of hydrogen-bond donors (Lipinski definition) is 0. The van der Waals surface area contributed by atoms with Gasteiger partial charge in [0.2, 0.25) is 11.7 Å². The lowest BCUT2D eigenvalue weighted by Crippen LogP contribution is -2.48. The van der Waals surface area contributed by atoms with Crippen LogP contribution in [0.1, 0.15) is 12.5 Å². The molecular weight excluding hydrogens is 505 g/mol. The van der Waals surface area contributed by atoms with Crippen molar-refractivity contribution in [2.45, 2.75) is 25.4 Å². The normalized spacial score (nSPS) is 22.1. The van der Waals surface area contributed by atoms with Crippen LogP contribution in [0.5, 0.6) is 5.75 Å². The molecule has 3 heterocycles. The molecule has 1 aromatic heterocycles. The molecule has 36 heavy (non-hydrogen) atoms. The van der Waals surface area contributed by atoms with E-state index in [0.29, 0.717) is 28.8 Å². The van der Waals surface area contributed by atoms with Crippen molar-refractivity contribution < 1.29 is 19.0 Å². The second kappa shape index (κ2) is 10.6. The van der Waals surface area contributed by atoms with Crippen LogP contribution in [0.3, 0.4) is 0 Å². The Morgan fingerprint density at radius 1 is 1.08 bits per heavy atom. The first-order valence-electron chi connectivity index (χ1n) is 11.8. The van der Waals surface area contributed by atoms with Crippen LogP contribution in [-0.4, -0.2) is 71.3 Å². The van der Waals surface area contributed by atoms with Gasteiger partial charge in [0.15, 0.2) is 0 Å². The second-order valence-corrected chi connectivity index (χ2v) is 9.63. The molecule has 2 fully saturated rings. The number of amides is 1. The van der Waals surface area contributed by atoms with Crippen molar-refractivity contribution in [3.05, 3.63) is 70.5 Å². The minimum absolute atomic E-state index is 0.125. The fourth-order valence-corrected chi connectivity index (χ4v) is 5.04. The summed E-state index contributed by atoms with van der Waals surface area (Å²) in [7, 11) is 0. The monoisotopic (exact) mass is 531 g/mol. The molecule has 0 aliphatic carbocycles. The van der Waals surface area contributed by atoms with Crippen LogP contribution in [0.15, 0.2) is 54.9 Å². The van der Waals surface area contributed by atoms with E-state index in [1.54, 1.807) is 37.5 Å². The minimum Gasteiger partial charge on any atom is -0.491 e. The number of ether oxygens (including phenoxy) is 3. The second-order valence-electron chi connectivity index (χ2n) is 8.79. The van der Waals surface area contributed by atoms with Crippen molar-refractivity contribution in [2.24, 2.45) is 0 Å². The molecule has 0 saturated carbocycles. The van der Waals surface area contributed by atoms with Crippen molar-refractivity contribution in [1.82, 2.24) is 19.9 Å². The first kappa shape index (κ1) is 24.8. The van der Waals surface area contributed by atoms with Gasteiger partial charge in [0.05, 0.1) is 24.0 Å². The Morgan fingerprint density at radius 3 is 2.47 bits per heavy atom. The number of halogens is 2. The van der Waals surface area contributed by atoms with Crippen molar-refractivity contribution in [3.8, 4) is 5.75 Å². The quantitative estimate of drug-likeness (QED) is 0.460. The lowest BCUT2D eigenvalue weighted by atomic mass is 10.1. The number of benzene rings is 2. The van der Waals surface area contributed by atoms with E-state index in [2.05, 4.69) is 15.1 Å². The number of nitrogens with zero attached hydrogens (tertiary/aromatic N) is 5. The smallest absolute Gasteiger partial charge is 0.219 e. The highest BCUT2D eigenvalue weighted by Crippen LogP contribution is 2.40. The minimum atomic E-state index is -1.17. The SMILES string of the molecule is CC(=O)N1CCN(c2ccc(OC[C@@H]3CO[C@@](Cn4nccn4)(c4ccc(Cl)cc4Cl)O3)cc2)CC1. The molecule has 11 heteroatoms. The van der Waals surface area contributed by atoms with Gasteiger partial charge in [0, 0.05) is 49.4 Å². The number of carbonyl (C=O) groups is 1. The molecule has 2 aliphatic rings. The molecule has 2 aliphatic heterocycles. The Balaban J connectivity index is 1.22. The largest absolute Gasteiger partial charge is 0.491 e. The van der Waals surface area contributed by atoms with Gasteiger partial charge in [-0.1, -0.05) is 29.3 Å². The molecule has 1 amide bonds. The molecule has 2 atom stereocenters. The fraction of sp³-hybridized carbons (Fsp3) is 0.400. The number of rotatable bonds is 7.